The molecule has 4 N–H and O–H groups in total. The smallest absolute Gasteiger partial charge is 0.416 e. The highest BCUT2D eigenvalue weighted by Gasteiger charge is 2.50. The molecule has 0 saturated heterocycles. The van der Waals surface area contributed by atoms with E-state index in [1.54, 1.807) is 29.7 Å². The normalized spacial score (nSPS) is 21.3. The number of carbonyl (C=O) groups excluding carboxylic acids is 1. The van der Waals surface area contributed by atoms with Crippen molar-refractivity contribution in [3.8, 4) is 11.3 Å². The number of aliphatic carboxylic acids is 1. The number of amides is 1. The van der Waals surface area contributed by atoms with Crippen molar-refractivity contribution in [3.63, 3.8) is 0 Å². The minimum Gasteiger partial charge on any atom is -0.481 e. The number of hydrogen-bond donors (Lipinski definition) is 3. The van der Waals surface area contributed by atoms with E-state index in [1.165, 1.54) is 18.3 Å². The fraction of sp³-hybridized carbons (Fsp3) is 0.296. The number of pyridine rings is 1. The molecule has 3 aromatic heterocycles. The van der Waals surface area contributed by atoms with E-state index in [4.69, 9.17) is 10.7 Å². The minimum absolute atomic E-state index is 0.208. The molecule has 1 aliphatic carbocycles. The number of halogens is 3. The van der Waals surface area contributed by atoms with Gasteiger partial charge in [-0.15, -0.1) is 0 Å². The number of hydrogen-bond acceptors (Lipinski definition) is 6. The molecule has 1 aliphatic rings. The molecule has 0 unspecified atom stereocenters. The number of nitrogens with one attached hydrogen (secondary N) is 1. The molecule has 0 bridgehead atoms. The summed E-state index contributed by atoms with van der Waals surface area (Å²) in [7, 11) is 0. The lowest BCUT2D eigenvalue weighted by Crippen LogP contribution is -2.29. The zero-order chi connectivity index (χ0) is 28.2. The predicted molar refractivity (Wildman–Crippen MR) is 137 cm³/mol. The van der Waals surface area contributed by atoms with E-state index in [-0.39, 0.29) is 11.4 Å². The summed E-state index contributed by atoms with van der Waals surface area (Å²) in [4.78, 5) is 37.5. The Kier molecular flexibility index (Phi) is 6.08. The van der Waals surface area contributed by atoms with Gasteiger partial charge >= 0.3 is 12.1 Å². The molecule has 1 saturated carbocycles. The first-order valence-electron chi connectivity index (χ1n) is 12.1. The molecule has 1 aromatic carbocycles. The van der Waals surface area contributed by atoms with Crippen molar-refractivity contribution in [2.45, 2.75) is 44.7 Å². The van der Waals surface area contributed by atoms with E-state index >= 15 is 0 Å². The lowest BCUT2D eigenvalue weighted by molar-refractivity contribution is -0.147. The Morgan fingerprint density at radius 1 is 1.10 bits per heavy atom. The van der Waals surface area contributed by atoms with E-state index in [2.05, 4.69) is 15.3 Å². The van der Waals surface area contributed by atoms with Crippen LogP contribution in [0.25, 0.3) is 16.8 Å². The molecule has 1 amide bonds. The van der Waals surface area contributed by atoms with E-state index in [0.717, 1.165) is 18.3 Å². The lowest BCUT2D eigenvalue weighted by Gasteiger charge is -2.25. The van der Waals surface area contributed by atoms with Gasteiger partial charge in [0.25, 0.3) is 5.91 Å². The Morgan fingerprint density at radius 2 is 1.82 bits per heavy atom. The fourth-order valence-electron chi connectivity index (χ4n) is 5.28. The van der Waals surface area contributed by atoms with Gasteiger partial charge in [0, 0.05) is 22.7 Å². The molecule has 0 aliphatic heterocycles. The first kappa shape index (κ1) is 26.1. The summed E-state index contributed by atoms with van der Waals surface area (Å²) in [5.74, 6) is -0.702. The number of nitrogens with zero attached hydrogens (tertiary/aromatic N) is 4. The monoisotopic (exact) mass is 538 g/mol. The van der Waals surface area contributed by atoms with Crippen LogP contribution < -0.4 is 11.1 Å². The molecule has 4 aromatic rings. The number of rotatable bonds is 5. The molecule has 0 spiro atoms. The third-order valence-corrected chi connectivity index (χ3v) is 7.39. The van der Waals surface area contributed by atoms with Crippen LogP contribution >= 0.6 is 0 Å². The number of benzene rings is 1. The largest absolute Gasteiger partial charge is 0.481 e. The first-order valence-corrected chi connectivity index (χ1v) is 12.1. The Bertz CT molecular complexity index is 1600. The maximum atomic E-state index is 13.0. The molecule has 9 nitrogen and oxygen atoms in total. The van der Waals surface area contributed by atoms with Gasteiger partial charge in [0.1, 0.15) is 17.5 Å². The van der Waals surface area contributed by atoms with Crippen LogP contribution in [0.15, 0.2) is 55.0 Å². The van der Waals surface area contributed by atoms with E-state index in [1.807, 2.05) is 6.92 Å². The summed E-state index contributed by atoms with van der Waals surface area (Å²) in [6, 6.07) is 7.98. The summed E-state index contributed by atoms with van der Waals surface area (Å²) in [6.45, 7) is 3.72. The van der Waals surface area contributed by atoms with E-state index < -0.39 is 34.4 Å². The van der Waals surface area contributed by atoms with Gasteiger partial charge in [0.15, 0.2) is 0 Å². The quantitative estimate of drug-likeness (QED) is 0.319. The number of nitrogens with two attached hydrogens (primary N) is 1. The molecule has 3 heterocycles. The van der Waals surface area contributed by atoms with Crippen molar-refractivity contribution in [1.29, 1.82) is 0 Å². The maximum absolute atomic E-state index is 13.0. The molecular formula is C27H25F3N6O3. The lowest BCUT2D eigenvalue weighted by atomic mass is 9.81. The van der Waals surface area contributed by atoms with E-state index in [9.17, 15) is 27.9 Å². The van der Waals surface area contributed by atoms with Crippen LogP contribution in [0.4, 0.5) is 24.8 Å². The number of anilines is 2. The minimum atomic E-state index is -4.56. The zero-order valence-corrected chi connectivity index (χ0v) is 21.1. The number of carbonyl (C=O) groups is 2. The number of nitrogen functional groups attached to an aromatic ring is 1. The summed E-state index contributed by atoms with van der Waals surface area (Å²) >= 11 is 0. The number of carboxylic acids is 1. The van der Waals surface area contributed by atoms with Crippen LogP contribution in [0.1, 0.15) is 54.9 Å². The second-order valence-electron chi connectivity index (χ2n) is 10.4. The molecule has 12 heteroatoms. The third-order valence-electron chi connectivity index (χ3n) is 7.39. The molecule has 0 radical (unpaired) electrons. The first-order chi connectivity index (χ1) is 18.3. The van der Waals surface area contributed by atoms with Crippen molar-refractivity contribution in [2.75, 3.05) is 11.1 Å². The average molecular weight is 539 g/mol. The molecule has 1 fully saturated rings. The second-order valence-corrected chi connectivity index (χ2v) is 10.4. The van der Waals surface area contributed by atoms with Gasteiger partial charge in [-0.25, -0.2) is 9.97 Å². The van der Waals surface area contributed by atoms with Crippen LogP contribution in [0, 0.1) is 5.41 Å². The van der Waals surface area contributed by atoms with Crippen LogP contribution in [-0.4, -0.2) is 36.3 Å². The number of imidazole rings is 1. The van der Waals surface area contributed by atoms with Gasteiger partial charge in [-0.1, -0.05) is 19.1 Å². The number of alkyl halides is 3. The maximum Gasteiger partial charge on any atom is 0.416 e. The van der Waals surface area contributed by atoms with Crippen LogP contribution in [-0.2, 0) is 16.4 Å². The molecular weight excluding hydrogens is 513 g/mol. The summed E-state index contributed by atoms with van der Waals surface area (Å²) in [6.07, 6.45) is 1.04. The van der Waals surface area contributed by atoms with Crippen LogP contribution in [0.2, 0.25) is 0 Å². The Morgan fingerprint density at radius 3 is 2.46 bits per heavy atom. The molecule has 39 heavy (non-hydrogen) atoms. The Hall–Kier alpha value is -4.48. The Labute approximate surface area is 220 Å². The summed E-state index contributed by atoms with van der Waals surface area (Å²) in [5.41, 5.74) is 5.98. The standard InChI is InChI=1S/C27H25F3N6O3/c1-25(8-9-26(2,14-25)24(38)39)23-35-21(18-12-32-13-19(31)36(18)23)15-3-5-16(6-4-15)22(37)34-20-11-17(7-10-33-20)27(28,29)30/h3-7,10-13H,8-9,14,31H2,1-2H3,(H,38,39)(H,33,34,37)/t25-,26-/m0/s1. The highest BCUT2D eigenvalue weighted by atomic mass is 19.4. The fourth-order valence-corrected chi connectivity index (χ4v) is 5.28. The van der Waals surface area contributed by atoms with Gasteiger partial charge in [-0.3, -0.25) is 19.0 Å². The predicted octanol–water partition coefficient (Wildman–Crippen LogP) is 5.18. The van der Waals surface area contributed by atoms with E-state index in [0.29, 0.717) is 47.7 Å². The topological polar surface area (TPSA) is 136 Å². The van der Waals surface area contributed by atoms with Crippen molar-refractivity contribution in [3.05, 3.63) is 71.9 Å². The number of carboxylic acid groups (broad SMARTS) is 1. The number of aromatic nitrogens is 4. The number of fused-ring (bicyclic) bond motifs is 1. The summed E-state index contributed by atoms with van der Waals surface area (Å²) in [5, 5.41) is 12.2. The van der Waals surface area contributed by atoms with Gasteiger partial charge < -0.3 is 16.2 Å². The van der Waals surface area contributed by atoms with Crippen LogP contribution in [0.5, 0.6) is 0 Å². The van der Waals surface area contributed by atoms with Gasteiger partial charge in [0.2, 0.25) is 0 Å². The van der Waals surface area contributed by atoms with Gasteiger partial charge in [0.05, 0.1) is 34.6 Å². The molecule has 2 atom stereocenters. The van der Waals surface area contributed by atoms with Crippen molar-refractivity contribution in [1.82, 2.24) is 19.4 Å². The molecule has 202 valence electrons. The third kappa shape index (κ3) is 4.66. The highest BCUT2D eigenvalue weighted by molar-refractivity contribution is 6.04. The molecule has 5 rings (SSSR count). The summed E-state index contributed by atoms with van der Waals surface area (Å²) < 4.78 is 40.7. The van der Waals surface area contributed by atoms with Crippen molar-refractivity contribution < 1.29 is 27.9 Å². The SMILES string of the molecule is C[C@]1(C(=O)O)CC[C@](C)(c2nc(-c3ccc(C(=O)Nc4cc(C(F)(F)F)ccn4)cc3)c3cncc(N)n23)C1. The Balaban J connectivity index is 1.46. The van der Waals surface area contributed by atoms with Gasteiger partial charge in [-0.05, 0) is 50.5 Å². The van der Waals surface area contributed by atoms with Crippen molar-refractivity contribution in [2.24, 2.45) is 5.41 Å². The second kappa shape index (κ2) is 9.07. The zero-order valence-electron chi connectivity index (χ0n) is 21.1. The highest BCUT2D eigenvalue weighted by Crippen LogP contribution is 2.51. The average Bonchev–Trinajstić information content (AvgIpc) is 3.44. The van der Waals surface area contributed by atoms with Crippen molar-refractivity contribution >= 4 is 29.0 Å². The van der Waals surface area contributed by atoms with Crippen LogP contribution in [0.3, 0.4) is 0 Å². The van der Waals surface area contributed by atoms with Gasteiger partial charge in [-0.2, -0.15) is 13.2 Å².